The van der Waals surface area contributed by atoms with Crippen LogP contribution in [0.2, 0.25) is 5.02 Å². The predicted molar refractivity (Wildman–Crippen MR) is 131 cm³/mol. The van der Waals surface area contributed by atoms with Gasteiger partial charge in [0.15, 0.2) is 6.61 Å². The Labute approximate surface area is 203 Å². The number of hydrogen-bond donors (Lipinski definition) is 1. The zero-order chi connectivity index (χ0) is 23.1. The van der Waals surface area contributed by atoms with Gasteiger partial charge in [-0.25, -0.2) is 0 Å². The van der Waals surface area contributed by atoms with Crippen LogP contribution in [0, 0.1) is 0 Å². The van der Waals surface area contributed by atoms with Crippen molar-refractivity contribution >= 4 is 39.3 Å². The summed E-state index contributed by atoms with van der Waals surface area (Å²) in [6, 6.07) is 12.7. The molecule has 0 aliphatic heterocycles. The average Bonchev–Trinajstić information content (AvgIpc) is 3.29. The van der Waals surface area contributed by atoms with Crippen LogP contribution in [0.1, 0.15) is 50.7 Å². The SMILES string of the molecule is CCc1ccc(OCC(=O)N(Cc2cccc(Cl)c2)[C@H](C)C(=O)NC2CCCC2)c(Br)c1. The van der Waals surface area contributed by atoms with Crippen molar-refractivity contribution in [2.45, 2.75) is 64.6 Å². The lowest BCUT2D eigenvalue weighted by Gasteiger charge is -2.29. The van der Waals surface area contributed by atoms with Crippen LogP contribution in [0.25, 0.3) is 0 Å². The topological polar surface area (TPSA) is 58.6 Å². The number of nitrogens with one attached hydrogen (secondary N) is 1. The minimum atomic E-state index is -0.628. The van der Waals surface area contributed by atoms with Gasteiger partial charge in [-0.1, -0.05) is 49.6 Å². The molecule has 2 amide bonds. The molecule has 1 atom stereocenters. The van der Waals surface area contributed by atoms with Crippen molar-refractivity contribution in [3.8, 4) is 5.75 Å². The fraction of sp³-hybridized carbons (Fsp3) is 0.440. The average molecular weight is 522 g/mol. The van der Waals surface area contributed by atoms with Gasteiger partial charge in [-0.05, 0) is 77.5 Å². The molecule has 2 aromatic carbocycles. The highest BCUT2D eigenvalue weighted by molar-refractivity contribution is 9.10. The summed E-state index contributed by atoms with van der Waals surface area (Å²) in [6.45, 7) is 3.96. The Bertz CT molecular complexity index is 947. The van der Waals surface area contributed by atoms with Crippen molar-refractivity contribution in [1.82, 2.24) is 10.2 Å². The number of hydrogen-bond acceptors (Lipinski definition) is 3. The highest BCUT2D eigenvalue weighted by Gasteiger charge is 2.29. The third-order valence-corrected chi connectivity index (χ3v) is 6.72. The van der Waals surface area contributed by atoms with Crippen LogP contribution in [-0.2, 0) is 22.6 Å². The molecule has 1 aliphatic rings. The van der Waals surface area contributed by atoms with E-state index < -0.39 is 6.04 Å². The third kappa shape index (κ3) is 6.72. The van der Waals surface area contributed by atoms with E-state index in [1.165, 1.54) is 5.56 Å². The number of ether oxygens (including phenoxy) is 1. The van der Waals surface area contributed by atoms with Gasteiger partial charge in [0.05, 0.1) is 4.47 Å². The number of nitrogens with zero attached hydrogens (tertiary/aromatic N) is 1. The number of rotatable bonds is 9. The second-order valence-electron chi connectivity index (χ2n) is 8.22. The zero-order valence-corrected chi connectivity index (χ0v) is 20.9. The molecule has 1 fully saturated rings. The molecule has 1 saturated carbocycles. The molecular formula is C25H30BrClN2O3. The van der Waals surface area contributed by atoms with Gasteiger partial charge in [-0.15, -0.1) is 0 Å². The summed E-state index contributed by atoms with van der Waals surface area (Å²) in [6.07, 6.45) is 5.16. The van der Waals surface area contributed by atoms with Crippen molar-refractivity contribution in [2.75, 3.05) is 6.61 Å². The minimum absolute atomic E-state index is 0.138. The summed E-state index contributed by atoms with van der Waals surface area (Å²) >= 11 is 9.64. The van der Waals surface area contributed by atoms with Gasteiger partial charge in [0, 0.05) is 17.6 Å². The van der Waals surface area contributed by atoms with E-state index in [-0.39, 0.29) is 31.0 Å². The van der Waals surface area contributed by atoms with E-state index >= 15 is 0 Å². The number of halogens is 2. The van der Waals surface area contributed by atoms with E-state index in [0.29, 0.717) is 10.8 Å². The molecule has 0 unspecified atom stereocenters. The smallest absolute Gasteiger partial charge is 0.261 e. The van der Waals surface area contributed by atoms with Crippen LogP contribution in [0.5, 0.6) is 5.75 Å². The van der Waals surface area contributed by atoms with Crippen LogP contribution in [0.15, 0.2) is 46.9 Å². The van der Waals surface area contributed by atoms with Crippen LogP contribution >= 0.6 is 27.5 Å². The molecule has 32 heavy (non-hydrogen) atoms. The number of carbonyl (C=O) groups is 2. The molecule has 172 valence electrons. The first kappa shape index (κ1) is 24.6. The lowest BCUT2D eigenvalue weighted by Crippen LogP contribution is -2.50. The summed E-state index contributed by atoms with van der Waals surface area (Å²) in [5, 5.41) is 3.69. The highest BCUT2D eigenvalue weighted by atomic mass is 79.9. The number of benzene rings is 2. The maximum Gasteiger partial charge on any atom is 0.261 e. The van der Waals surface area contributed by atoms with Gasteiger partial charge in [0.2, 0.25) is 5.91 Å². The van der Waals surface area contributed by atoms with Gasteiger partial charge in [0.25, 0.3) is 5.91 Å². The second kappa shape index (κ2) is 11.7. The standard InChI is InChI=1S/C25H30BrClN2O3/c1-3-18-11-12-23(22(26)14-18)32-16-24(30)29(15-19-7-6-8-20(27)13-19)17(2)25(31)28-21-9-4-5-10-21/h6-8,11-14,17,21H,3-5,9-10,15-16H2,1-2H3,(H,28,31)/t17-/m1/s1. The Balaban J connectivity index is 1.72. The summed E-state index contributed by atoms with van der Waals surface area (Å²) in [5.41, 5.74) is 2.04. The van der Waals surface area contributed by atoms with Crippen molar-refractivity contribution in [1.29, 1.82) is 0 Å². The number of carbonyl (C=O) groups excluding carboxylic acids is 2. The summed E-state index contributed by atoms with van der Waals surface area (Å²) in [7, 11) is 0. The fourth-order valence-electron chi connectivity index (χ4n) is 3.91. The monoisotopic (exact) mass is 520 g/mol. The van der Waals surface area contributed by atoms with Crippen LogP contribution in [0.4, 0.5) is 0 Å². The maximum absolute atomic E-state index is 13.2. The molecule has 1 N–H and O–H groups in total. The largest absolute Gasteiger partial charge is 0.483 e. The fourth-order valence-corrected chi connectivity index (χ4v) is 4.66. The molecule has 0 aromatic heterocycles. The maximum atomic E-state index is 13.2. The molecule has 0 bridgehead atoms. The summed E-state index contributed by atoms with van der Waals surface area (Å²) < 4.78 is 6.61. The third-order valence-electron chi connectivity index (χ3n) is 5.87. The molecule has 0 radical (unpaired) electrons. The van der Waals surface area contributed by atoms with Crippen molar-refractivity contribution in [2.24, 2.45) is 0 Å². The predicted octanol–water partition coefficient (Wildman–Crippen LogP) is 5.52. The lowest BCUT2D eigenvalue weighted by molar-refractivity contribution is -0.142. The van der Waals surface area contributed by atoms with Gasteiger partial charge in [-0.3, -0.25) is 9.59 Å². The van der Waals surface area contributed by atoms with Crippen LogP contribution in [-0.4, -0.2) is 35.4 Å². The first-order chi connectivity index (χ1) is 15.4. The normalized spacial score (nSPS) is 14.8. The van der Waals surface area contributed by atoms with Gasteiger partial charge in [-0.2, -0.15) is 0 Å². The van der Waals surface area contributed by atoms with E-state index in [0.717, 1.165) is 42.1 Å². The van der Waals surface area contributed by atoms with Crippen LogP contribution < -0.4 is 10.1 Å². The van der Waals surface area contributed by atoms with E-state index in [9.17, 15) is 9.59 Å². The second-order valence-corrected chi connectivity index (χ2v) is 9.52. The minimum Gasteiger partial charge on any atom is -0.483 e. The first-order valence-corrected chi connectivity index (χ1v) is 12.3. The van der Waals surface area contributed by atoms with E-state index in [1.54, 1.807) is 17.9 Å². The van der Waals surface area contributed by atoms with E-state index in [2.05, 4.69) is 28.2 Å². The summed E-state index contributed by atoms with van der Waals surface area (Å²) in [5.74, 6) is 0.201. The van der Waals surface area contributed by atoms with Crippen molar-refractivity contribution in [3.05, 3.63) is 63.1 Å². The lowest BCUT2D eigenvalue weighted by atomic mass is 10.1. The summed E-state index contributed by atoms with van der Waals surface area (Å²) in [4.78, 5) is 27.7. The highest BCUT2D eigenvalue weighted by Crippen LogP contribution is 2.26. The van der Waals surface area contributed by atoms with Gasteiger partial charge in [0.1, 0.15) is 11.8 Å². The number of amides is 2. The zero-order valence-electron chi connectivity index (χ0n) is 18.6. The van der Waals surface area contributed by atoms with Crippen molar-refractivity contribution < 1.29 is 14.3 Å². The molecule has 3 rings (SSSR count). The molecule has 0 heterocycles. The molecule has 5 nitrogen and oxygen atoms in total. The Morgan fingerprint density at radius 2 is 1.94 bits per heavy atom. The first-order valence-electron chi connectivity index (χ1n) is 11.1. The molecular weight excluding hydrogens is 492 g/mol. The molecule has 1 aliphatic carbocycles. The van der Waals surface area contributed by atoms with Crippen molar-refractivity contribution in [3.63, 3.8) is 0 Å². The Kier molecular flexibility index (Phi) is 9.00. The van der Waals surface area contributed by atoms with E-state index in [1.807, 2.05) is 36.4 Å². The Hall–Kier alpha value is -2.05. The molecule has 0 saturated heterocycles. The number of aryl methyl sites for hydroxylation is 1. The Morgan fingerprint density at radius 1 is 1.19 bits per heavy atom. The molecule has 7 heteroatoms. The molecule has 0 spiro atoms. The Morgan fingerprint density at radius 3 is 2.59 bits per heavy atom. The van der Waals surface area contributed by atoms with Crippen LogP contribution in [0.3, 0.4) is 0 Å². The van der Waals surface area contributed by atoms with Gasteiger partial charge < -0.3 is 15.0 Å². The van der Waals surface area contributed by atoms with Gasteiger partial charge >= 0.3 is 0 Å². The quantitative estimate of drug-likeness (QED) is 0.473. The van der Waals surface area contributed by atoms with E-state index in [4.69, 9.17) is 16.3 Å². The molecule has 2 aromatic rings.